The molecule has 8 rings (SSSR count). The zero-order chi connectivity index (χ0) is 49.8. The van der Waals surface area contributed by atoms with Crippen LogP contribution >= 0.6 is 0 Å². The zero-order valence-corrected chi connectivity index (χ0v) is 41.2. The summed E-state index contributed by atoms with van der Waals surface area (Å²) < 4.78 is 29.7. The number of hydrogen-bond donors (Lipinski definition) is 1. The van der Waals surface area contributed by atoms with Gasteiger partial charge in [0.25, 0.3) is 0 Å². The van der Waals surface area contributed by atoms with Crippen molar-refractivity contribution in [3.8, 4) is 67.5 Å². The van der Waals surface area contributed by atoms with E-state index in [1.165, 1.54) is 16.7 Å². The number of fused-ring (bicyclic) bond motifs is 1. The maximum absolute atomic E-state index is 11.9. The minimum absolute atomic E-state index is 0.109. The summed E-state index contributed by atoms with van der Waals surface area (Å²) in [7, 11) is 0. The largest absolute Gasteiger partial charge is 0.507 e. The molecule has 0 radical (unpaired) electrons. The Morgan fingerprint density at radius 3 is 1.85 bits per heavy atom. The SMILES string of the molecule is [2H]C([2H])([2H])c1cc(-c2c(C(C)(CC)CC)cccc2C(C)(CC)CC)ccc1-n1c(-c2cc(C)cc(C)c2O)nc2c(-c3cc(-c4cc(-c5ccc(C)cc5)ccn4)cc(C(C)(C)C)c3)cccc21. The molecule has 1 N–H and O–H groups in total. The van der Waals surface area contributed by atoms with Crippen molar-refractivity contribution in [3.63, 3.8) is 0 Å². The van der Waals surface area contributed by atoms with Crippen molar-refractivity contribution in [2.45, 2.75) is 132 Å². The molecule has 0 amide bonds. The number of rotatable bonds is 12. The highest BCUT2D eigenvalue weighted by Gasteiger charge is 2.33. The lowest BCUT2D eigenvalue weighted by Gasteiger charge is -2.36. The molecule has 0 aliphatic carbocycles. The summed E-state index contributed by atoms with van der Waals surface area (Å²) in [6.07, 6.45) is 5.66. The van der Waals surface area contributed by atoms with Crippen molar-refractivity contribution >= 4 is 11.0 Å². The first-order chi connectivity index (χ1) is 32.6. The Morgan fingerprint density at radius 1 is 0.576 bits per heavy atom. The van der Waals surface area contributed by atoms with E-state index >= 15 is 0 Å². The Kier molecular flexibility index (Phi) is 11.5. The molecule has 0 aliphatic heterocycles. The second-order valence-corrected chi connectivity index (χ2v) is 20.3. The van der Waals surface area contributed by atoms with Gasteiger partial charge in [-0.1, -0.05) is 141 Å². The van der Waals surface area contributed by atoms with Gasteiger partial charge in [0.15, 0.2) is 0 Å². The Morgan fingerprint density at radius 2 is 1.21 bits per heavy atom. The number of para-hydroxylation sites is 1. The van der Waals surface area contributed by atoms with E-state index in [0.29, 0.717) is 28.2 Å². The van der Waals surface area contributed by atoms with Crippen LogP contribution < -0.4 is 0 Å². The number of benzene rings is 6. The smallest absolute Gasteiger partial charge is 0.149 e. The Labute approximate surface area is 399 Å². The molecule has 0 aliphatic rings. The highest BCUT2D eigenvalue weighted by atomic mass is 16.3. The summed E-state index contributed by atoms with van der Waals surface area (Å²) in [4.78, 5) is 10.4. The molecule has 4 heteroatoms. The van der Waals surface area contributed by atoms with Gasteiger partial charge < -0.3 is 5.11 Å². The fraction of sp³-hybridized carbons (Fsp3) is 0.323. The molecule has 338 valence electrons. The number of imidazole rings is 1. The van der Waals surface area contributed by atoms with E-state index in [-0.39, 0.29) is 27.6 Å². The Balaban J connectivity index is 1.43. The van der Waals surface area contributed by atoms with Crippen LogP contribution in [-0.2, 0) is 16.2 Å². The topological polar surface area (TPSA) is 50.9 Å². The number of aryl methyl sites for hydroxylation is 4. The number of aromatic hydroxyl groups is 1. The van der Waals surface area contributed by atoms with E-state index in [2.05, 4.69) is 154 Å². The van der Waals surface area contributed by atoms with Gasteiger partial charge in [0.05, 0.1) is 28.0 Å². The molecule has 8 aromatic rings. The number of nitrogens with zero attached hydrogens (tertiary/aromatic N) is 3. The van der Waals surface area contributed by atoms with Crippen LogP contribution in [0.25, 0.3) is 72.7 Å². The van der Waals surface area contributed by atoms with E-state index in [1.54, 1.807) is 0 Å². The number of hydrogen-bond acceptors (Lipinski definition) is 3. The lowest BCUT2D eigenvalue weighted by Crippen LogP contribution is -2.25. The monoisotopic (exact) mass is 875 g/mol. The van der Waals surface area contributed by atoms with Crippen LogP contribution in [0.2, 0.25) is 0 Å². The molecule has 66 heavy (non-hydrogen) atoms. The summed E-state index contributed by atoms with van der Waals surface area (Å²) in [6, 6.07) is 42.2. The standard InChI is InChI=1S/C62H69N3O/c1-14-61(12,15-2)51-21-19-22-52(62(13,16-3)17-4)56(51)45-28-29-54(41(7)34-45)65-55-23-18-20-49(57(55)64-59(65)50-33-40(6)32-42(8)58(50)66)46-35-47(37-48(36-46)60(9,10)11)53-38-44(30-31-63-53)43-26-24-39(5)25-27-43/h18-38,66H,14-17H2,1-13H3/i7D3. The van der Waals surface area contributed by atoms with Crippen LogP contribution in [-0.4, -0.2) is 19.6 Å². The summed E-state index contributed by atoms with van der Waals surface area (Å²) in [5.74, 6) is 0.576. The van der Waals surface area contributed by atoms with E-state index in [1.807, 2.05) is 61.0 Å². The summed E-state index contributed by atoms with van der Waals surface area (Å²) in [5.41, 5.74) is 16.7. The maximum Gasteiger partial charge on any atom is 0.149 e. The molecule has 0 bridgehead atoms. The number of pyridine rings is 1. The first-order valence-corrected chi connectivity index (χ1v) is 23.9. The predicted octanol–water partition coefficient (Wildman–Crippen LogP) is 17.1. The molecule has 0 atom stereocenters. The van der Waals surface area contributed by atoms with Crippen molar-refractivity contribution in [2.24, 2.45) is 0 Å². The van der Waals surface area contributed by atoms with Gasteiger partial charge in [-0.05, 0) is 179 Å². The van der Waals surface area contributed by atoms with Crippen LogP contribution in [0.3, 0.4) is 0 Å². The molecule has 0 saturated heterocycles. The molecular weight excluding hydrogens is 803 g/mol. The van der Waals surface area contributed by atoms with Gasteiger partial charge in [0.1, 0.15) is 11.6 Å². The molecule has 6 aromatic carbocycles. The fourth-order valence-electron chi connectivity index (χ4n) is 9.78. The number of aromatic nitrogens is 3. The molecule has 0 fully saturated rings. The van der Waals surface area contributed by atoms with E-state index in [0.717, 1.165) is 87.0 Å². The molecule has 0 unspecified atom stereocenters. The van der Waals surface area contributed by atoms with Crippen molar-refractivity contribution in [2.75, 3.05) is 0 Å². The van der Waals surface area contributed by atoms with Gasteiger partial charge in [-0.15, -0.1) is 0 Å². The highest BCUT2D eigenvalue weighted by Crippen LogP contribution is 2.47. The number of phenols is 1. The quantitative estimate of drug-likeness (QED) is 0.133. The lowest BCUT2D eigenvalue weighted by atomic mass is 9.68. The van der Waals surface area contributed by atoms with Crippen molar-refractivity contribution in [3.05, 3.63) is 166 Å². The van der Waals surface area contributed by atoms with E-state index in [4.69, 9.17) is 9.97 Å². The first-order valence-electron chi connectivity index (χ1n) is 25.4. The normalized spacial score (nSPS) is 13.2. The molecular formula is C62H69N3O. The van der Waals surface area contributed by atoms with Gasteiger partial charge in [0.2, 0.25) is 0 Å². The minimum atomic E-state index is -2.51. The van der Waals surface area contributed by atoms with Crippen molar-refractivity contribution < 1.29 is 9.22 Å². The summed E-state index contributed by atoms with van der Waals surface area (Å²) >= 11 is 0. The third-order valence-electron chi connectivity index (χ3n) is 14.9. The van der Waals surface area contributed by atoms with Crippen LogP contribution in [0, 0.1) is 27.6 Å². The van der Waals surface area contributed by atoms with Crippen LogP contribution in [0.15, 0.2) is 128 Å². The average molecular weight is 875 g/mol. The Bertz CT molecular complexity index is 3160. The van der Waals surface area contributed by atoms with Gasteiger partial charge >= 0.3 is 0 Å². The van der Waals surface area contributed by atoms with Gasteiger partial charge in [0, 0.05) is 21.4 Å². The van der Waals surface area contributed by atoms with Gasteiger partial charge in [-0.3, -0.25) is 9.55 Å². The lowest BCUT2D eigenvalue weighted by molar-refractivity contribution is 0.426. The second-order valence-electron chi connectivity index (χ2n) is 20.3. The predicted molar refractivity (Wildman–Crippen MR) is 281 cm³/mol. The zero-order valence-electron chi connectivity index (χ0n) is 44.2. The van der Waals surface area contributed by atoms with Gasteiger partial charge in [-0.2, -0.15) is 0 Å². The average Bonchev–Trinajstić information content (AvgIpc) is 3.73. The summed E-state index contributed by atoms with van der Waals surface area (Å²) in [5, 5.41) is 11.9. The van der Waals surface area contributed by atoms with Crippen LogP contribution in [0.1, 0.15) is 131 Å². The van der Waals surface area contributed by atoms with E-state index < -0.39 is 6.85 Å². The van der Waals surface area contributed by atoms with E-state index in [9.17, 15) is 9.22 Å². The van der Waals surface area contributed by atoms with Crippen molar-refractivity contribution in [1.82, 2.24) is 14.5 Å². The minimum Gasteiger partial charge on any atom is -0.507 e. The second kappa shape index (κ2) is 17.9. The first kappa shape index (κ1) is 42.4. The highest BCUT2D eigenvalue weighted by molar-refractivity contribution is 5.97. The Hall–Kier alpha value is -6.26. The van der Waals surface area contributed by atoms with Crippen LogP contribution in [0.5, 0.6) is 5.75 Å². The maximum atomic E-state index is 11.9. The molecule has 0 spiro atoms. The third kappa shape index (κ3) is 8.40. The molecule has 4 nitrogen and oxygen atoms in total. The summed E-state index contributed by atoms with van der Waals surface area (Å²) in [6.45, 7) is 23.8. The fourth-order valence-corrected chi connectivity index (χ4v) is 9.78. The van der Waals surface area contributed by atoms with Gasteiger partial charge in [-0.25, -0.2) is 4.98 Å². The van der Waals surface area contributed by atoms with Crippen LogP contribution in [0.4, 0.5) is 0 Å². The third-order valence-corrected chi connectivity index (χ3v) is 14.9. The number of phenolic OH excluding ortho intramolecular Hbond substituents is 1. The van der Waals surface area contributed by atoms with Crippen molar-refractivity contribution in [1.29, 1.82) is 0 Å². The molecule has 2 heterocycles. The molecule has 2 aromatic heterocycles. The molecule has 0 saturated carbocycles.